The maximum Gasteiger partial charge on any atom is 0.387 e. The summed E-state index contributed by atoms with van der Waals surface area (Å²) in [6.45, 7) is 0.718. The maximum atomic E-state index is 14.6. The number of nitrogens with zero attached hydrogens (tertiary/aromatic N) is 2. The average molecular weight is 299 g/mol. The number of hydrogen-bond donors (Lipinski definition) is 1. The van der Waals surface area contributed by atoms with Crippen molar-refractivity contribution in [2.24, 2.45) is 9.98 Å². The normalized spacial score (nSPS) is 23.0. The molecule has 4 nitrogen and oxygen atoms in total. The lowest BCUT2D eigenvalue weighted by Crippen LogP contribution is -2.50. The van der Waals surface area contributed by atoms with Gasteiger partial charge in [0, 0.05) is 6.04 Å². The SMILES string of the molecule is CC1=NCN=CC1(F)NC(C)c1ccc(OC(F)F)cc1. The van der Waals surface area contributed by atoms with Crippen LogP contribution in [0.15, 0.2) is 34.3 Å². The number of halogens is 3. The molecule has 0 aromatic heterocycles. The van der Waals surface area contributed by atoms with E-state index in [9.17, 15) is 13.2 Å². The molecule has 0 bridgehead atoms. The third-order valence-corrected chi connectivity index (χ3v) is 3.22. The molecule has 1 aromatic rings. The smallest absolute Gasteiger partial charge is 0.387 e. The molecule has 0 fully saturated rings. The first kappa shape index (κ1) is 15.5. The number of aliphatic imine (C=N–C) groups is 2. The minimum absolute atomic E-state index is 0.0629. The molecule has 2 atom stereocenters. The van der Waals surface area contributed by atoms with Crippen molar-refractivity contribution < 1.29 is 17.9 Å². The van der Waals surface area contributed by atoms with Gasteiger partial charge in [0.25, 0.3) is 0 Å². The van der Waals surface area contributed by atoms with Crippen LogP contribution in [0.5, 0.6) is 5.75 Å². The van der Waals surface area contributed by atoms with Crippen LogP contribution in [0, 0.1) is 0 Å². The van der Waals surface area contributed by atoms with E-state index < -0.39 is 12.4 Å². The van der Waals surface area contributed by atoms with Crippen LogP contribution in [0.1, 0.15) is 25.5 Å². The minimum atomic E-state index is -2.86. The van der Waals surface area contributed by atoms with Gasteiger partial charge in [-0.1, -0.05) is 12.1 Å². The molecule has 0 aliphatic carbocycles. The second-order valence-corrected chi connectivity index (χ2v) is 4.72. The van der Waals surface area contributed by atoms with Crippen LogP contribution in [0.2, 0.25) is 0 Å². The van der Waals surface area contributed by atoms with Gasteiger partial charge < -0.3 is 4.74 Å². The lowest BCUT2D eigenvalue weighted by molar-refractivity contribution is -0.0498. The molecule has 2 rings (SSSR count). The molecule has 21 heavy (non-hydrogen) atoms. The van der Waals surface area contributed by atoms with E-state index in [0.29, 0.717) is 5.71 Å². The summed E-state index contributed by atoms with van der Waals surface area (Å²) in [5.41, 5.74) is 1.04. The topological polar surface area (TPSA) is 46.0 Å². The molecule has 0 saturated heterocycles. The Labute approximate surface area is 120 Å². The highest BCUT2D eigenvalue weighted by atomic mass is 19.3. The zero-order chi connectivity index (χ0) is 15.5. The summed E-state index contributed by atoms with van der Waals surface area (Å²) in [7, 11) is 0. The molecule has 1 aliphatic rings. The highest BCUT2D eigenvalue weighted by Gasteiger charge is 2.34. The molecule has 1 heterocycles. The van der Waals surface area contributed by atoms with Crippen molar-refractivity contribution in [1.82, 2.24) is 5.32 Å². The van der Waals surface area contributed by atoms with Crippen molar-refractivity contribution in [1.29, 1.82) is 0 Å². The predicted octanol–water partition coefficient (Wildman–Crippen LogP) is 3.11. The van der Waals surface area contributed by atoms with Crippen LogP contribution in [0.25, 0.3) is 0 Å². The molecule has 2 unspecified atom stereocenters. The first-order valence-corrected chi connectivity index (χ1v) is 6.44. The average Bonchev–Trinajstić information content (AvgIpc) is 2.42. The number of nitrogens with one attached hydrogen (secondary N) is 1. The van der Waals surface area contributed by atoms with E-state index in [1.807, 2.05) is 0 Å². The van der Waals surface area contributed by atoms with Gasteiger partial charge in [0.15, 0.2) is 0 Å². The van der Waals surface area contributed by atoms with Crippen molar-refractivity contribution in [3.8, 4) is 5.75 Å². The minimum Gasteiger partial charge on any atom is -0.435 e. The van der Waals surface area contributed by atoms with Gasteiger partial charge in [-0.25, -0.2) is 4.39 Å². The second-order valence-electron chi connectivity index (χ2n) is 4.72. The van der Waals surface area contributed by atoms with Crippen LogP contribution in [0.3, 0.4) is 0 Å². The summed E-state index contributed by atoms with van der Waals surface area (Å²) in [4.78, 5) is 7.78. The zero-order valence-electron chi connectivity index (χ0n) is 11.7. The molecule has 0 saturated carbocycles. The summed E-state index contributed by atoms with van der Waals surface area (Å²) < 4.78 is 43.0. The quantitative estimate of drug-likeness (QED) is 0.849. The molecular weight excluding hydrogens is 283 g/mol. The first-order chi connectivity index (χ1) is 9.90. The fourth-order valence-corrected chi connectivity index (χ4v) is 2.00. The number of alkyl halides is 3. The van der Waals surface area contributed by atoms with Gasteiger partial charge in [0.1, 0.15) is 12.4 Å². The molecule has 1 aromatic carbocycles. The van der Waals surface area contributed by atoms with Crippen LogP contribution in [0.4, 0.5) is 13.2 Å². The van der Waals surface area contributed by atoms with E-state index in [4.69, 9.17) is 0 Å². The Bertz CT molecular complexity index is 545. The summed E-state index contributed by atoms with van der Waals surface area (Å²) in [5, 5.41) is 2.79. The van der Waals surface area contributed by atoms with Gasteiger partial charge in [0.05, 0.1) is 11.9 Å². The van der Waals surface area contributed by atoms with Gasteiger partial charge in [-0.3, -0.25) is 15.3 Å². The molecule has 114 valence electrons. The Hall–Kier alpha value is -1.89. The van der Waals surface area contributed by atoms with E-state index in [1.54, 1.807) is 26.0 Å². The second kappa shape index (κ2) is 6.26. The summed E-state index contributed by atoms with van der Waals surface area (Å²) >= 11 is 0. The van der Waals surface area contributed by atoms with Crippen molar-refractivity contribution in [2.45, 2.75) is 32.3 Å². The maximum absolute atomic E-state index is 14.6. The standard InChI is InChI=1S/C14H16F3N3O/c1-9(20-14(17)7-18-8-19-10(14)2)11-3-5-12(6-4-11)21-13(15)16/h3-7,9,13,20H,8H2,1-2H3. The molecular formula is C14H16F3N3O. The largest absolute Gasteiger partial charge is 0.435 e. The van der Waals surface area contributed by atoms with Gasteiger partial charge in [-0.05, 0) is 31.5 Å². The van der Waals surface area contributed by atoms with Gasteiger partial charge in [-0.15, -0.1) is 0 Å². The summed E-state index contributed by atoms with van der Waals surface area (Å²) in [5.74, 6) is -1.83. The molecule has 1 N–H and O–H groups in total. The number of ether oxygens (including phenoxy) is 1. The Kier molecular flexibility index (Phi) is 4.62. The van der Waals surface area contributed by atoms with Gasteiger partial charge in [0.2, 0.25) is 5.79 Å². The number of benzene rings is 1. The number of rotatable bonds is 5. The highest BCUT2D eigenvalue weighted by molar-refractivity contribution is 6.05. The zero-order valence-corrected chi connectivity index (χ0v) is 11.7. The molecule has 1 aliphatic heterocycles. The van der Waals surface area contributed by atoms with Crippen LogP contribution in [-0.4, -0.2) is 31.0 Å². The third kappa shape index (κ3) is 3.81. The lowest BCUT2D eigenvalue weighted by atomic mass is 10.0. The monoisotopic (exact) mass is 299 g/mol. The van der Waals surface area contributed by atoms with E-state index >= 15 is 0 Å². The molecule has 7 heteroatoms. The summed E-state index contributed by atoms with van der Waals surface area (Å²) in [6.07, 6.45) is 1.19. The lowest BCUT2D eigenvalue weighted by Gasteiger charge is -2.28. The van der Waals surface area contributed by atoms with Crippen LogP contribution >= 0.6 is 0 Å². The fourth-order valence-electron chi connectivity index (χ4n) is 2.00. The molecule has 0 spiro atoms. The van der Waals surface area contributed by atoms with E-state index in [-0.39, 0.29) is 18.5 Å². The van der Waals surface area contributed by atoms with E-state index in [2.05, 4.69) is 20.0 Å². The number of hydrogen-bond acceptors (Lipinski definition) is 4. The Morgan fingerprint density at radius 1 is 1.29 bits per heavy atom. The summed E-state index contributed by atoms with van der Waals surface area (Å²) in [6, 6.07) is 5.68. The molecule has 0 radical (unpaired) electrons. The van der Waals surface area contributed by atoms with Gasteiger partial charge >= 0.3 is 6.61 Å². The van der Waals surface area contributed by atoms with Crippen molar-refractivity contribution in [3.05, 3.63) is 29.8 Å². The Morgan fingerprint density at radius 3 is 2.52 bits per heavy atom. The van der Waals surface area contributed by atoms with Crippen LogP contribution < -0.4 is 10.1 Å². The Morgan fingerprint density at radius 2 is 1.95 bits per heavy atom. The van der Waals surface area contributed by atoms with E-state index in [1.165, 1.54) is 18.3 Å². The van der Waals surface area contributed by atoms with Crippen molar-refractivity contribution in [2.75, 3.05) is 6.67 Å². The molecule has 0 amide bonds. The van der Waals surface area contributed by atoms with E-state index in [0.717, 1.165) is 5.56 Å². The van der Waals surface area contributed by atoms with Crippen molar-refractivity contribution >= 4 is 11.9 Å². The van der Waals surface area contributed by atoms with Gasteiger partial charge in [-0.2, -0.15) is 8.78 Å². The third-order valence-electron chi connectivity index (χ3n) is 3.22. The Balaban J connectivity index is 2.06. The van der Waals surface area contributed by atoms with Crippen molar-refractivity contribution in [3.63, 3.8) is 0 Å². The highest BCUT2D eigenvalue weighted by Crippen LogP contribution is 2.22. The first-order valence-electron chi connectivity index (χ1n) is 6.44. The fraction of sp³-hybridized carbons (Fsp3) is 0.429. The predicted molar refractivity (Wildman–Crippen MR) is 74.9 cm³/mol. The van der Waals surface area contributed by atoms with Crippen LogP contribution in [-0.2, 0) is 0 Å².